The van der Waals surface area contributed by atoms with Crippen LogP contribution in [0.3, 0.4) is 0 Å². The van der Waals surface area contributed by atoms with Gasteiger partial charge in [-0.15, -0.1) is 0 Å². The van der Waals surface area contributed by atoms with Crippen molar-refractivity contribution in [2.45, 2.75) is 37.4 Å². The first-order chi connectivity index (χ1) is 12.2. The lowest BCUT2D eigenvalue weighted by Gasteiger charge is -2.34. The van der Waals surface area contributed by atoms with Crippen LogP contribution in [0.2, 0.25) is 0 Å². The molecule has 26 heavy (non-hydrogen) atoms. The molecule has 0 aliphatic rings. The molecule has 0 amide bonds. The van der Waals surface area contributed by atoms with E-state index in [1.165, 1.54) is 0 Å². The van der Waals surface area contributed by atoms with Crippen LogP contribution in [0.1, 0.15) is 27.7 Å². The maximum Gasteiger partial charge on any atom is 0.515 e. The van der Waals surface area contributed by atoms with Gasteiger partial charge in [-0.3, -0.25) is 0 Å². The molecule has 0 aromatic carbocycles. The minimum Gasteiger partial charge on any atom is -0.376 e. The van der Waals surface area contributed by atoms with E-state index in [1.807, 2.05) is 0 Å². The van der Waals surface area contributed by atoms with Gasteiger partial charge < -0.3 is 26.6 Å². The molecule has 0 saturated heterocycles. The fourth-order valence-electron chi connectivity index (χ4n) is 2.47. The molecule has 0 aliphatic heterocycles. The summed E-state index contributed by atoms with van der Waals surface area (Å²) in [7, 11) is 11.4. The van der Waals surface area contributed by atoms with Crippen LogP contribution in [-0.4, -0.2) is 70.0 Å². The maximum absolute atomic E-state index is 5.67. The minimum atomic E-state index is -2.71. The first-order valence-electron chi connectivity index (χ1n) is 8.20. The van der Waals surface area contributed by atoms with E-state index in [0.717, 1.165) is 0 Å². The predicted molar refractivity (Wildman–Crippen MR) is 121 cm³/mol. The SMILES string of the molecule is CO[Si](OC)(OC)C(SSSSC(C(C)C)[Si](OC)(OC)OC)C(C)C. The van der Waals surface area contributed by atoms with E-state index in [9.17, 15) is 0 Å². The summed E-state index contributed by atoms with van der Waals surface area (Å²) in [5, 5.41) is 0. The molecule has 0 rings (SSSR count). The second-order valence-corrected chi connectivity index (χ2v) is 19.1. The number of hydrogen-bond acceptors (Lipinski definition) is 10. The van der Waals surface area contributed by atoms with Crippen LogP contribution in [0.4, 0.5) is 0 Å². The molecule has 6 nitrogen and oxygen atoms in total. The molecule has 0 heterocycles. The molecular formula is C14H34O6S4Si2. The lowest BCUT2D eigenvalue weighted by atomic mass is 10.3. The van der Waals surface area contributed by atoms with E-state index < -0.39 is 17.6 Å². The second-order valence-electron chi connectivity index (χ2n) is 6.09. The van der Waals surface area contributed by atoms with Gasteiger partial charge in [-0.1, -0.05) is 49.3 Å². The van der Waals surface area contributed by atoms with Crippen LogP contribution >= 0.6 is 41.2 Å². The third-order valence-corrected chi connectivity index (χ3v) is 20.5. The standard InChI is InChI=1S/C14H34O6S4Si2/c1-11(2)13(25(15-5,16-6)17-7)21-23-24-22-14(12(3)4)26(18-8,19-9)20-10/h11-14H,1-10H3. The third-order valence-electron chi connectivity index (χ3n) is 3.93. The van der Waals surface area contributed by atoms with Gasteiger partial charge in [-0.05, 0) is 31.5 Å². The summed E-state index contributed by atoms with van der Waals surface area (Å²) in [6.07, 6.45) is 0. The van der Waals surface area contributed by atoms with Gasteiger partial charge in [-0.2, -0.15) is 0 Å². The summed E-state index contributed by atoms with van der Waals surface area (Å²) in [5.41, 5.74) is 0. The lowest BCUT2D eigenvalue weighted by Crippen LogP contribution is -2.55. The lowest BCUT2D eigenvalue weighted by molar-refractivity contribution is 0.116. The fraction of sp³-hybridized carbons (Fsp3) is 1.00. The highest BCUT2D eigenvalue weighted by molar-refractivity contribution is 9.26. The number of hydrogen-bond donors (Lipinski definition) is 0. The molecule has 0 aromatic heterocycles. The summed E-state index contributed by atoms with van der Waals surface area (Å²) >= 11 is 0. The molecule has 0 aliphatic carbocycles. The van der Waals surface area contributed by atoms with Gasteiger partial charge >= 0.3 is 17.6 Å². The molecule has 12 heteroatoms. The Morgan fingerprint density at radius 2 is 0.731 bits per heavy atom. The Hall–Kier alpha value is 1.59. The van der Waals surface area contributed by atoms with Crippen molar-refractivity contribution in [2.24, 2.45) is 11.8 Å². The quantitative estimate of drug-likeness (QED) is 0.189. The second kappa shape index (κ2) is 13.7. The average molecular weight is 483 g/mol. The van der Waals surface area contributed by atoms with Crippen molar-refractivity contribution >= 4 is 58.8 Å². The van der Waals surface area contributed by atoms with Crippen LogP contribution in [0.15, 0.2) is 0 Å². The zero-order valence-electron chi connectivity index (χ0n) is 17.4. The largest absolute Gasteiger partial charge is 0.515 e. The van der Waals surface area contributed by atoms with Gasteiger partial charge in [0.15, 0.2) is 0 Å². The van der Waals surface area contributed by atoms with E-state index in [0.29, 0.717) is 11.8 Å². The summed E-state index contributed by atoms with van der Waals surface area (Å²) in [4.78, 5) is 0.264. The predicted octanol–water partition coefficient (Wildman–Crippen LogP) is 4.55. The van der Waals surface area contributed by atoms with E-state index in [1.54, 1.807) is 83.9 Å². The highest BCUT2D eigenvalue weighted by Gasteiger charge is 2.51. The Balaban J connectivity index is 4.95. The molecule has 2 atom stereocenters. The summed E-state index contributed by atoms with van der Waals surface area (Å²) < 4.78 is 34.0. The van der Waals surface area contributed by atoms with Crippen LogP contribution in [0.25, 0.3) is 0 Å². The maximum atomic E-state index is 5.67. The molecule has 0 spiro atoms. The Kier molecular flexibility index (Phi) is 14.6. The van der Waals surface area contributed by atoms with Gasteiger partial charge in [0.25, 0.3) is 0 Å². The zero-order chi connectivity index (χ0) is 20.4. The monoisotopic (exact) mass is 482 g/mol. The van der Waals surface area contributed by atoms with Crippen LogP contribution < -0.4 is 0 Å². The molecule has 158 valence electrons. The van der Waals surface area contributed by atoms with Crippen molar-refractivity contribution < 1.29 is 26.6 Å². The first kappa shape index (κ1) is 27.6. The van der Waals surface area contributed by atoms with Crippen molar-refractivity contribution in [1.29, 1.82) is 0 Å². The smallest absolute Gasteiger partial charge is 0.376 e. The van der Waals surface area contributed by atoms with Gasteiger partial charge in [0.05, 0.1) is 9.75 Å². The van der Waals surface area contributed by atoms with E-state index >= 15 is 0 Å². The van der Waals surface area contributed by atoms with E-state index in [4.69, 9.17) is 26.6 Å². The highest BCUT2D eigenvalue weighted by Crippen LogP contribution is 2.52. The van der Waals surface area contributed by atoms with Crippen LogP contribution in [0, 0.1) is 11.8 Å². The summed E-state index contributed by atoms with van der Waals surface area (Å²) in [6, 6.07) is 0. The Morgan fingerprint density at radius 3 is 0.885 bits per heavy atom. The Labute approximate surface area is 176 Å². The average Bonchev–Trinajstić information content (AvgIpc) is 2.64. The van der Waals surface area contributed by atoms with Crippen molar-refractivity contribution in [2.75, 3.05) is 42.7 Å². The van der Waals surface area contributed by atoms with Crippen molar-refractivity contribution in [1.82, 2.24) is 0 Å². The van der Waals surface area contributed by atoms with Gasteiger partial charge in [-0.25, -0.2) is 0 Å². The fourth-order valence-corrected chi connectivity index (χ4v) is 20.0. The van der Waals surface area contributed by atoms with Gasteiger partial charge in [0.2, 0.25) is 0 Å². The summed E-state index contributed by atoms with van der Waals surface area (Å²) in [5.74, 6) is 0.715. The molecule has 2 unspecified atom stereocenters. The Morgan fingerprint density at radius 1 is 0.500 bits per heavy atom. The van der Waals surface area contributed by atoms with Gasteiger partial charge in [0, 0.05) is 42.7 Å². The molecule has 0 radical (unpaired) electrons. The number of rotatable bonds is 15. The highest BCUT2D eigenvalue weighted by atomic mass is 33.7. The van der Waals surface area contributed by atoms with E-state index in [-0.39, 0.29) is 9.75 Å². The van der Waals surface area contributed by atoms with Crippen molar-refractivity contribution in [3.8, 4) is 0 Å². The molecule has 0 N–H and O–H groups in total. The summed E-state index contributed by atoms with van der Waals surface area (Å²) in [6.45, 7) is 8.63. The van der Waals surface area contributed by atoms with Gasteiger partial charge in [0.1, 0.15) is 0 Å². The first-order valence-corrected chi connectivity index (χ1v) is 16.7. The Bertz CT molecular complexity index is 323. The van der Waals surface area contributed by atoms with Crippen LogP contribution in [-0.2, 0) is 26.6 Å². The normalized spacial score (nSPS) is 15.7. The molecule has 0 aromatic rings. The topological polar surface area (TPSA) is 55.4 Å². The third kappa shape index (κ3) is 7.13. The molecule has 0 fully saturated rings. The molecular weight excluding hydrogens is 449 g/mol. The zero-order valence-corrected chi connectivity index (χ0v) is 22.7. The molecule has 0 bridgehead atoms. The van der Waals surface area contributed by atoms with Crippen molar-refractivity contribution in [3.05, 3.63) is 0 Å². The van der Waals surface area contributed by atoms with Crippen LogP contribution in [0.5, 0.6) is 0 Å². The van der Waals surface area contributed by atoms with E-state index in [2.05, 4.69) is 27.7 Å². The van der Waals surface area contributed by atoms with Crippen molar-refractivity contribution in [3.63, 3.8) is 0 Å². The molecule has 0 saturated carbocycles. The minimum absolute atomic E-state index is 0.132.